The number of hydrogen-bond acceptors (Lipinski definition) is 3. The standard InChI is InChI=1S/C12H15F3N4O2/c1-7(10(20)19(2)3)16-11(21)18-9-6-4-5-8(17-9)12(13,14)15/h4-7H,1-3H3,(H2,16,17,18,21)/t7-/m0/s1. The molecular weight excluding hydrogens is 289 g/mol. The molecule has 0 unspecified atom stereocenters. The molecule has 0 saturated carbocycles. The molecule has 0 aliphatic heterocycles. The van der Waals surface area contributed by atoms with Crippen molar-refractivity contribution in [2.24, 2.45) is 0 Å². The second kappa shape index (κ2) is 6.42. The van der Waals surface area contributed by atoms with Crippen LogP contribution in [0.5, 0.6) is 0 Å². The fraction of sp³-hybridized carbons (Fsp3) is 0.417. The molecule has 1 atom stereocenters. The van der Waals surface area contributed by atoms with Gasteiger partial charge in [-0.2, -0.15) is 13.2 Å². The maximum atomic E-state index is 12.5. The minimum atomic E-state index is -4.59. The van der Waals surface area contributed by atoms with Gasteiger partial charge >= 0.3 is 12.2 Å². The van der Waals surface area contributed by atoms with Gasteiger partial charge in [-0.1, -0.05) is 6.07 Å². The van der Waals surface area contributed by atoms with Crippen molar-refractivity contribution in [2.75, 3.05) is 19.4 Å². The second-order valence-electron chi connectivity index (χ2n) is 4.46. The van der Waals surface area contributed by atoms with Crippen molar-refractivity contribution < 1.29 is 22.8 Å². The van der Waals surface area contributed by atoms with E-state index in [1.165, 1.54) is 32.0 Å². The Labute approximate surface area is 119 Å². The Morgan fingerprint density at radius 1 is 1.29 bits per heavy atom. The number of amides is 3. The molecule has 0 saturated heterocycles. The van der Waals surface area contributed by atoms with E-state index in [0.717, 1.165) is 12.1 Å². The average molecular weight is 304 g/mol. The van der Waals surface area contributed by atoms with E-state index in [4.69, 9.17) is 0 Å². The Balaban J connectivity index is 2.70. The van der Waals surface area contributed by atoms with Crippen LogP contribution in [0.25, 0.3) is 0 Å². The molecule has 6 nitrogen and oxygen atoms in total. The number of hydrogen-bond donors (Lipinski definition) is 2. The Morgan fingerprint density at radius 2 is 1.90 bits per heavy atom. The number of aromatic nitrogens is 1. The summed E-state index contributed by atoms with van der Waals surface area (Å²) in [5, 5.41) is 4.45. The first-order valence-corrected chi connectivity index (χ1v) is 5.94. The van der Waals surface area contributed by atoms with Crippen LogP contribution in [-0.2, 0) is 11.0 Å². The van der Waals surface area contributed by atoms with Gasteiger partial charge in [0.1, 0.15) is 17.6 Å². The first kappa shape index (κ1) is 16.7. The maximum Gasteiger partial charge on any atom is 0.433 e. The van der Waals surface area contributed by atoms with Crippen LogP contribution in [0.15, 0.2) is 18.2 Å². The number of likely N-dealkylation sites (N-methyl/N-ethyl adjacent to an activating group) is 1. The van der Waals surface area contributed by atoms with Crippen LogP contribution in [0.1, 0.15) is 12.6 Å². The quantitative estimate of drug-likeness (QED) is 0.892. The summed E-state index contributed by atoms with van der Waals surface area (Å²) in [7, 11) is 3.04. The molecule has 0 radical (unpaired) electrons. The summed E-state index contributed by atoms with van der Waals surface area (Å²) in [6, 6.07) is 1.50. The van der Waals surface area contributed by atoms with Gasteiger partial charge in [0.25, 0.3) is 0 Å². The predicted octanol–water partition coefficient (Wildman–Crippen LogP) is 1.70. The summed E-state index contributed by atoms with van der Waals surface area (Å²) in [6.07, 6.45) is -4.59. The van der Waals surface area contributed by atoms with Crippen molar-refractivity contribution in [3.05, 3.63) is 23.9 Å². The molecule has 0 aromatic carbocycles. The van der Waals surface area contributed by atoms with Gasteiger partial charge in [-0.3, -0.25) is 10.1 Å². The lowest BCUT2D eigenvalue weighted by Gasteiger charge is -2.18. The zero-order valence-corrected chi connectivity index (χ0v) is 11.7. The molecule has 116 valence electrons. The summed E-state index contributed by atoms with van der Waals surface area (Å²) in [5.74, 6) is -0.603. The largest absolute Gasteiger partial charge is 0.433 e. The first-order valence-electron chi connectivity index (χ1n) is 5.94. The molecule has 2 N–H and O–H groups in total. The Hall–Kier alpha value is -2.32. The van der Waals surface area contributed by atoms with Crippen LogP contribution in [0.4, 0.5) is 23.8 Å². The fourth-order valence-corrected chi connectivity index (χ4v) is 1.46. The highest BCUT2D eigenvalue weighted by molar-refractivity contribution is 5.92. The zero-order chi connectivity index (χ0) is 16.2. The van der Waals surface area contributed by atoms with Gasteiger partial charge in [0.15, 0.2) is 0 Å². The van der Waals surface area contributed by atoms with E-state index in [2.05, 4.69) is 15.6 Å². The molecule has 1 heterocycles. The first-order chi connectivity index (χ1) is 9.61. The van der Waals surface area contributed by atoms with Crippen LogP contribution in [0.2, 0.25) is 0 Å². The van der Waals surface area contributed by atoms with Crippen LogP contribution in [0, 0.1) is 0 Å². The zero-order valence-electron chi connectivity index (χ0n) is 11.7. The number of nitrogens with one attached hydrogen (secondary N) is 2. The van der Waals surface area contributed by atoms with Crippen LogP contribution >= 0.6 is 0 Å². The normalized spacial score (nSPS) is 12.5. The van der Waals surface area contributed by atoms with Gasteiger partial charge in [0.2, 0.25) is 5.91 Å². The monoisotopic (exact) mass is 304 g/mol. The van der Waals surface area contributed by atoms with E-state index in [9.17, 15) is 22.8 Å². The van der Waals surface area contributed by atoms with Crippen molar-refractivity contribution in [1.82, 2.24) is 15.2 Å². The summed E-state index contributed by atoms with van der Waals surface area (Å²) in [4.78, 5) is 27.7. The molecule has 21 heavy (non-hydrogen) atoms. The van der Waals surface area contributed by atoms with E-state index in [1.54, 1.807) is 0 Å². The maximum absolute atomic E-state index is 12.5. The predicted molar refractivity (Wildman–Crippen MR) is 69.5 cm³/mol. The number of halogens is 3. The number of nitrogens with zero attached hydrogens (tertiary/aromatic N) is 2. The van der Waals surface area contributed by atoms with Crippen LogP contribution in [0.3, 0.4) is 0 Å². The second-order valence-corrected chi connectivity index (χ2v) is 4.46. The lowest BCUT2D eigenvalue weighted by atomic mass is 10.3. The number of pyridine rings is 1. The third-order valence-corrected chi connectivity index (χ3v) is 2.44. The molecule has 9 heteroatoms. The number of anilines is 1. The Bertz CT molecular complexity index is 531. The van der Waals surface area contributed by atoms with E-state index in [0.29, 0.717) is 0 Å². The summed E-state index contributed by atoms with van der Waals surface area (Å²) in [6.45, 7) is 1.46. The number of alkyl halides is 3. The molecular formula is C12H15F3N4O2. The highest BCUT2D eigenvalue weighted by Crippen LogP contribution is 2.28. The molecule has 0 spiro atoms. The molecule has 0 fully saturated rings. The van der Waals surface area contributed by atoms with Crippen LogP contribution < -0.4 is 10.6 Å². The molecule has 3 amide bonds. The molecule has 1 aromatic heterocycles. The van der Waals surface area contributed by atoms with Gasteiger partial charge in [-0.05, 0) is 19.1 Å². The topological polar surface area (TPSA) is 74.3 Å². The summed E-state index contributed by atoms with van der Waals surface area (Å²) in [5.41, 5.74) is -1.11. The third-order valence-electron chi connectivity index (χ3n) is 2.44. The molecule has 1 aromatic rings. The number of carbonyl (C=O) groups excluding carboxylic acids is 2. The lowest BCUT2D eigenvalue weighted by Crippen LogP contribution is -2.45. The Kier molecular flexibility index (Phi) is 5.12. The van der Waals surface area contributed by atoms with E-state index in [-0.39, 0.29) is 11.7 Å². The molecule has 0 bridgehead atoms. The van der Waals surface area contributed by atoms with E-state index < -0.39 is 23.9 Å². The lowest BCUT2D eigenvalue weighted by molar-refractivity contribution is -0.141. The average Bonchev–Trinajstić information content (AvgIpc) is 2.36. The molecule has 1 rings (SSSR count). The Morgan fingerprint density at radius 3 is 2.43 bits per heavy atom. The van der Waals surface area contributed by atoms with Gasteiger partial charge in [0, 0.05) is 14.1 Å². The van der Waals surface area contributed by atoms with Crippen LogP contribution in [-0.4, -0.2) is 42.0 Å². The van der Waals surface area contributed by atoms with E-state index >= 15 is 0 Å². The number of rotatable bonds is 3. The summed E-state index contributed by atoms with van der Waals surface area (Å²) >= 11 is 0. The highest BCUT2D eigenvalue weighted by Gasteiger charge is 2.32. The smallest absolute Gasteiger partial charge is 0.347 e. The highest BCUT2D eigenvalue weighted by atomic mass is 19.4. The minimum absolute atomic E-state index is 0.258. The molecule has 0 aliphatic carbocycles. The number of urea groups is 1. The van der Waals surface area contributed by atoms with E-state index in [1.807, 2.05) is 0 Å². The SMILES string of the molecule is C[C@H](NC(=O)Nc1cccc(C(F)(F)F)n1)C(=O)N(C)C. The van der Waals surface area contributed by atoms with Gasteiger partial charge < -0.3 is 10.2 Å². The van der Waals surface area contributed by atoms with Gasteiger partial charge in [-0.25, -0.2) is 9.78 Å². The number of carbonyl (C=O) groups is 2. The summed E-state index contributed by atoms with van der Waals surface area (Å²) < 4.78 is 37.4. The fourth-order valence-electron chi connectivity index (χ4n) is 1.46. The van der Waals surface area contributed by atoms with Crippen molar-refractivity contribution in [3.8, 4) is 0 Å². The minimum Gasteiger partial charge on any atom is -0.347 e. The van der Waals surface area contributed by atoms with Crippen molar-refractivity contribution in [2.45, 2.75) is 19.1 Å². The van der Waals surface area contributed by atoms with Crippen molar-refractivity contribution in [1.29, 1.82) is 0 Å². The molecule has 0 aliphatic rings. The van der Waals surface area contributed by atoms with Gasteiger partial charge in [0.05, 0.1) is 0 Å². The van der Waals surface area contributed by atoms with Crippen molar-refractivity contribution in [3.63, 3.8) is 0 Å². The van der Waals surface area contributed by atoms with Gasteiger partial charge in [-0.15, -0.1) is 0 Å². The third kappa shape index (κ3) is 4.93. The van der Waals surface area contributed by atoms with Crippen molar-refractivity contribution >= 4 is 17.8 Å².